The van der Waals surface area contributed by atoms with Crippen molar-refractivity contribution in [3.63, 3.8) is 0 Å². The smallest absolute Gasteiger partial charge is 0.294 e. The number of fused-ring (bicyclic) bond motifs is 2. The molecule has 1 unspecified atom stereocenters. The fourth-order valence-electron chi connectivity index (χ4n) is 3.83. The quantitative estimate of drug-likeness (QED) is 0.687. The number of aryl methyl sites for hydroxylation is 2. The highest BCUT2D eigenvalue weighted by Gasteiger charge is 2.43. The summed E-state index contributed by atoms with van der Waals surface area (Å²) in [6, 6.07) is 1.53. The van der Waals surface area contributed by atoms with Crippen LogP contribution in [0.3, 0.4) is 0 Å². The normalized spacial score (nSPS) is 19.0. The predicted molar refractivity (Wildman–Crippen MR) is 91.7 cm³/mol. The molecule has 0 amide bonds. The number of ether oxygens (including phenoxy) is 1. The zero-order valence-corrected chi connectivity index (χ0v) is 14.2. The second-order valence-corrected chi connectivity index (χ2v) is 7.17. The Labute approximate surface area is 137 Å². The van der Waals surface area contributed by atoms with Gasteiger partial charge in [-0.05, 0) is 32.4 Å². The van der Waals surface area contributed by atoms with Crippen LogP contribution in [-0.4, -0.2) is 11.2 Å². The molecule has 2 heterocycles. The van der Waals surface area contributed by atoms with E-state index in [1.165, 1.54) is 6.07 Å². The van der Waals surface area contributed by atoms with Crippen molar-refractivity contribution in [2.75, 3.05) is 0 Å². The predicted octanol–water partition coefficient (Wildman–Crippen LogP) is 3.13. The Morgan fingerprint density at radius 1 is 1.08 bits per heavy atom. The molecular formula is C19H18O5. The second kappa shape index (κ2) is 4.29. The van der Waals surface area contributed by atoms with Gasteiger partial charge in [0.05, 0.1) is 10.9 Å². The third-order valence-electron chi connectivity index (χ3n) is 5.42. The van der Waals surface area contributed by atoms with Crippen LogP contribution in [-0.2, 0) is 5.41 Å². The SMILES string of the molecule is Cc1cc(=O)c2c(C)oc(O)c3c(=O)c4c(c1c23)OC(C)C4(C)C. The van der Waals surface area contributed by atoms with E-state index >= 15 is 0 Å². The molecule has 2 aromatic carbocycles. The first kappa shape index (κ1) is 15.0. The van der Waals surface area contributed by atoms with Gasteiger partial charge in [0.25, 0.3) is 5.95 Å². The van der Waals surface area contributed by atoms with Gasteiger partial charge in [0.15, 0.2) is 5.43 Å². The Morgan fingerprint density at radius 2 is 1.75 bits per heavy atom. The van der Waals surface area contributed by atoms with Crippen LogP contribution in [0.25, 0.3) is 21.5 Å². The molecule has 5 heteroatoms. The largest absolute Gasteiger partial charge is 0.489 e. The highest BCUT2D eigenvalue weighted by Crippen LogP contribution is 2.48. The van der Waals surface area contributed by atoms with Crippen LogP contribution in [0.2, 0.25) is 0 Å². The van der Waals surface area contributed by atoms with Crippen molar-refractivity contribution < 1.29 is 14.3 Å². The summed E-state index contributed by atoms with van der Waals surface area (Å²) in [5.41, 5.74) is 0.193. The van der Waals surface area contributed by atoms with E-state index in [9.17, 15) is 14.7 Å². The van der Waals surface area contributed by atoms with E-state index in [4.69, 9.17) is 9.15 Å². The lowest BCUT2D eigenvalue weighted by atomic mass is 9.79. The molecule has 1 aliphatic heterocycles. The molecule has 4 rings (SSSR count). The van der Waals surface area contributed by atoms with Crippen LogP contribution in [0.4, 0.5) is 0 Å². The van der Waals surface area contributed by atoms with Crippen LogP contribution in [0.15, 0.2) is 20.1 Å². The molecule has 3 aromatic rings. The third-order valence-corrected chi connectivity index (χ3v) is 5.42. The molecule has 0 spiro atoms. The first-order valence-corrected chi connectivity index (χ1v) is 7.92. The molecule has 0 bridgehead atoms. The molecule has 1 aromatic heterocycles. The number of hydrogen-bond acceptors (Lipinski definition) is 5. The molecule has 1 atom stereocenters. The molecule has 1 aliphatic rings. The minimum Gasteiger partial charge on any atom is -0.489 e. The fraction of sp³-hybridized carbons (Fsp3) is 0.368. The maximum Gasteiger partial charge on any atom is 0.294 e. The van der Waals surface area contributed by atoms with Crippen molar-refractivity contribution in [2.45, 2.75) is 46.1 Å². The molecule has 0 aliphatic carbocycles. The zero-order chi connectivity index (χ0) is 17.5. The number of hydrogen-bond donors (Lipinski definition) is 1. The minimum absolute atomic E-state index is 0.0657. The monoisotopic (exact) mass is 326 g/mol. The summed E-state index contributed by atoms with van der Waals surface area (Å²) in [7, 11) is 0. The Hall–Kier alpha value is -2.56. The van der Waals surface area contributed by atoms with Gasteiger partial charge in [0.1, 0.15) is 23.0 Å². The van der Waals surface area contributed by atoms with E-state index in [0.717, 1.165) is 5.56 Å². The molecule has 24 heavy (non-hydrogen) atoms. The molecule has 0 saturated carbocycles. The van der Waals surface area contributed by atoms with Gasteiger partial charge in [-0.25, -0.2) is 0 Å². The molecule has 0 saturated heterocycles. The average molecular weight is 326 g/mol. The van der Waals surface area contributed by atoms with Gasteiger partial charge in [-0.3, -0.25) is 9.59 Å². The Kier molecular flexibility index (Phi) is 2.68. The molecule has 0 radical (unpaired) electrons. The van der Waals surface area contributed by atoms with Gasteiger partial charge in [0, 0.05) is 16.2 Å². The van der Waals surface area contributed by atoms with E-state index in [1.807, 2.05) is 27.7 Å². The average Bonchev–Trinajstić information content (AvgIpc) is 2.68. The van der Waals surface area contributed by atoms with E-state index in [2.05, 4.69) is 0 Å². The Bertz CT molecular complexity index is 1140. The summed E-state index contributed by atoms with van der Waals surface area (Å²) >= 11 is 0. The van der Waals surface area contributed by atoms with Crippen LogP contribution < -0.4 is 15.6 Å². The standard InChI is InChI=1S/C19H18O5/c1-7-6-10(20)12-8(2)23-18(22)14-13(12)11(7)17-15(16(14)21)19(4,5)9(3)24-17/h6,9,22H,1-5H3. The van der Waals surface area contributed by atoms with Crippen LogP contribution in [0.5, 0.6) is 11.7 Å². The van der Waals surface area contributed by atoms with Gasteiger partial charge in [0.2, 0.25) is 5.43 Å². The van der Waals surface area contributed by atoms with E-state index in [-0.39, 0.29) is 22.3 Å². The van der Waals surface area contributed by atoms with Crippen molar-refractivity contribution in [3.8, 4) is 11.7 Å². The topological polar surface area (TPSA) is 76.7 Å². The summed E-state index contributed by atoms with van der Waals surface area (Å²) in [6.45, 7) is 9.23. The van der Waals surface area contributed by atoms with E-state index in [1.54, 1.807) is 6.92 Å². The highest BCUT2D eigenvalue weighted by molar-refractivity contribution is 6.15. The van der Waals surface area contributed by atoms with Gasteiger partial charge in [-0.2, -0.15) is 0 Å². The molecule has 0 fully saturated rings. The molecule has 124 valence electrons. The Balaban J connectivity index is 2.45. The van der Waals surface area contributed by atoms with Crippen LogP contribution >= 0.6 is 0 Å². The van der Waals surface area contributed by atoms with Crippen molar-refractivity contribution in [1.29, 1.82) is 0 Å². The van der Waals surface area contributed by atoms with Gasteiger partial charge >= 0.3 is 0 Å². The third kappa shape index (κ3) is 1.54. The number of benzene rings is 2. The van der Waals surface area contributed by atoms with Crippen LogP contribution in [0.1, 0.15) is 37.7 Å². The summed E-state index contributed by atoms with van der Waals surface area (Å²) in [5.74, 6) is 0.371. The van der Waals surface area contributed by atoms with Crippen molar-refractivity contribution >= 4 is 21.5 Å². The second-order valence-electron chi connectivity index (χ2n) is 7.17. The van der Waals surface area contributed by atoms with E-state index < -0.39 is 11.4 Å². The van der Waals surface area contributed by atoms with Crippen molar-refractivity contribution in [3.05, 3.63) is 43.4 Å². The lowest BCUT2D eigenvalue weighted by molar-refractivity contribution is 0.187. The van der Waals surface area contributed by atoms with Gasteiger partial charge in [-0.15, -0.1) is 0 Å². The first-order valence-electron chi connectivity index (χ1n) is 7.92. The fourth-order valence-corrected chi connectivity index (χ4v) is 3.83. The Morgan fingerprint density at radius 3 is 2.42 bits per heavy atom. The highest BCUT2D eigenvalue weighted by atomic mass is 16.5. The lowest BCUT2D eigenvalue weighted by Crippen LogP contribution is -2.32. The maximum absolute atomic E-state index is 13.1. The van der Waals surface area contributed by atoms with E-state index in [0.29, 0.717) is 33.2 Å². The maximum atomic E-state index is 13.1. The summed E-state index contributed by atoms with van der Waals surface area (Å²) < 4.78 is 11.4. The van der Waals surface area contributed by atoms with Crippen molar-refractivity contribution in [1.82, 2.24) is 0 Å². The lowest BCUT2D eigenvalue weighted by Gasteiger charge is -2.21. The van der Waals surface area contributed by atoms with Gasteiger partial charge in [-0.1, -0.05) is 13.8 Å². The summed E-state index contributed by atoms with van der Waals surface area (Å²) in [6.07, 6.45) is -0.192. The first-order chi connectivity index (χ1) is 11.2. The zero-order valence-electron chi connectivity index (χ0n) is 14.2. The number of rotatable bonds is 0. The van der Waals surface area contributed by atoms with Crippen molar-refractivity contribution in [2.24, 2.45) is 0 Å². The summed E-state index contributed by atoms with van der Waals surface area (Å²) in [4.78, 5) is 25.6. The van der Waals surface area contributed by atoms with Gasteiger partial charge < -0.3 is 14.3 Å². The summed E-state index contributed by atoms with van der Waals surface area (Å²) in [5, 5.41) is 11.8. The van der Waals surface area contributed by atoms with Crippen LogP contribution in [0, 0.1) is 13.8 Å². The molecule has 1 N–H and O–H groups in total. The number of aromatic hydroxyl groups is 1. The molecular weight excluding hydrogens is 308 g/mol. The minimum atomic E-state index is -0.504. The molecule has 5 nitrogen and oxygen atoms in total.